The smallest absolute Gasteiger partial charge is 0.321 e. The Hall–Kier alpha value is -1.61. The van der Waals surface area contributed by atoms with Crippen LogP contribution in [0.1, 0.15) is 12.0 Å². The molecule has 0 amide bonds. The number of carbonyl (C=O) groups is 1. The molecule has 0 aromatic heterocycles. The number of aliphatic carboxylic acids is 1. The van der Waals surface area contributed by atoms with Gasteiger partial charge in [0.05, 0.1) is 4.90 Å². The second-order valence-corrected chi connectivity index (χ2v) is 5.76. The third-order valence-corrected chi connectivity index (χ3v) is 3.93. The van der Waals surface area contributed by atoms with Crippen molar-refractivity contribution in [2.24, 2.45) is 0 Å². The summed E-state index contributed by atoms with van der Waals surface area (Å²) in [6, 6.07) is 0.956. The van der Waals surface area contributed by atoms with Crippen LogP contribution >= 0.6 is 0 Å². The fourth-order valence-corrected chi connectivity index (χ4v) is 2.59. The SMILES string of the molecule is Cc1ccc(S(=O)(=O)NC(CC(F)F)C(=O)O)cc1F. The van der Waals surface area contributed by atoms with Crippen molar-refractivity contribution in [1.82, 2.24) is 4.72 Å². The minimum absolute atomic E-state index is 0.200. The Labute approximate surface area is 113 Å². The maximum atomic E-state index is 13.3. The number of halogens is 3. The Morgan fingerprint density at radius 1 is 1.40 bits per heavy atom. The molecule has 2 N–H and O–H groups in total. The normalized spacial score (nSPS) is 13.4. The lowest BCUT2D eigenvalue weighted by Crippen LogP contribution is -2.41. The van der Waals surface area contributed by atoms with Gasteiger partial charge in [0, 0.05) is 6.42 Å². The van der Waals surface area contributed by atoms with Crippen molar-refractivity contribution < 1.29 is 31.5 Å². The van der Waals surface area contributed by atoms with Gasteiger partial charge in [-0.15, -0.1) is 0 Å². The van der Waals surface area contributed by atoms with E-state index in [0.29, 0.717) is 6.07 Å². The number of carboxylic acids is 1. The highest BCUT2D eigenvalue weighted by Gasteiger charge is 2.28. The Balaban J connectivity index is 3.03. The summed E-state index contributed by atoms with van der Waals surface area (Å²) >= 11 is 0. The summed E-state index contributed by atoms with van der Waals surface area (Å²) in [5, 5.41) is 8.70. The first-order chi connectivity index (χ1) is 9.13. The van der Waals surface area contributed by atoms with Crippen molar-refractivity contribution >= 4 is 16.0 Å². The van der Waals surface area contributed by atoms with Gasteiger partial charge >= 0.3 is 5.97 Å². The van der Waals surface area contributed by atoms with Gasteiger partial charge in [0.2, 0.25) is 16.4 Å². The first-order valence-corrected chi connectivity index (χ1v) is 6.91. The van der Waals surface area contributed by atoms with Gasteiger partial charge in [-0.05, 0) is 24.6 Å². The van der Waals surface area contributed by atoms with Gasteiger partial charge in [-0.1, -0.05) is 6.07 Å². The van der Waals surface area contributed by atoms with E-state index in [4.69, 9.17) is 5.11 Å². The lowest BCUT2D eigenvalue weighted by molar-refractivity contribution is -0.140. The van der Waals surface area contributed by atoms with Crippen LogP contribution in [0.5, 0.6) is 0 Å². The van der Waals surface area contributed by atoms with E-state index in [2.05, 4.69) is 0 Å². The molecule has 0 bridgehead atoms. The molecular formula is C11H12F3NO4S. The second-order valence-electron chi connectivity index (χ2n) is 4.05. The molecule has 1 unspecified atom stereocenters. The molecule has 0 saturated carbocycles. The quantitative estimate of drug-likeness (QED) is 0.834. The van der Waals surface area contributed by atoms with Crippen LogP contribution in [0.15, 0.2) is 23.1 Å². The van der Waals surface area contributed by atoms with E-state index in [1.54, 1.807) is 4.72 Å². The van der Waals surface area contributed by atoms with Crippen LogP contribution in [0, 0.1) is 12.7 Å². The predicted octanol–water partition coefficient (Wildman–Crippen LogP) is 1.52. The van der Waals surface area contributed by atoms with Crippen molar-refractivity contribution in [1.29, 1.82) is 0 Å². The topological polar surface area (TPSA) is 83.5 Å². The molecule has 0 spiro atoms. The zero-order valence-corrected chi connectivity index (χ0v) is 11.1. The molecule has 20 heavy (non-hydrogen) atoms. The number of benzene rings is 1. The van der Waals surface area contributed by atoms with Crippen molar-refractivity contribution in [2.45, 2.75) is 30.7 Å². The largest absolute Gasteiger partial charge is 0.480 e. The van der Waals surface area contributed by atoms with Crippen molar-refractivity contribution in [2.75, 3.05) is 0 Å². The third kappa shape index (κ3) is 4.20. The molecule has 9 heteroatoms. The van der Waals surface area contributed by atoms with Gasteiger partial charge in [0.15, 0.2) is 0 Å². The number of rotatable bonds is 6. The van der Waals surface area contributed by atoms with Gasteiger partial charge < -0.3 is 5.11 Å². The maximum Gasteiger partial charge on any atom is 0.321 e. The lowest BCUT2D eigenvalue weighted by atomic mass is 10.2. The molecule has 5 nitrogen and oxygen atoms in total. The highest BCUT2D eigenvalue weighted by Crippen LogP contribution is 2.15. The summed E-state index contributed by atoms with van der Waals surface area (Å²) in [6.07, 6.45) is -4.17. The Bertz CT molecular complexity index is 604. The summed E-state index contributed by atoms with van der Waals surface area (Å²) in [5.74, 6) is -2.53. The van der Waals surface area contributed by atoms with E-state index in [1.807, 2.05) is 0 Å². The van der Waals surface area contributed by atoms with E-state index in [0.717, 1.165) is 6.07 Å². The van der Waals surface area contributed by atoms with Gasteiger partial charge in [-0.25, -0.2) is 21.6 Å². The van der Waals surface area contributed by atoms with Crippen LogP contribution in [-0.2, 0) is 14.8 Å². The highest BCUT2D eigenvalue weighted by atomic mass is 32.2. The summed E-state index contributed by atoms with van der Waals surface area (Å²) in [4.78, 5) is 10.2. The van der Waals surface area contributed by atoms with Gasteiger partial charge in [-0.2, -0.15) is 4.72 Å². The van der Waals surface area contributed by atoms with Crippen LogP contribution in [0.25, 0.3) is 0 Å². The zero-order chi connectivity index (χ0) is 15.5. The van der Waals surface area contributed by atoms with Crippen molar-refractivity contribution in [3.8, 4) is 0 Å². The fraction of sp³-hybridized carbons (Fsp3) is 0.364. The van der Waals surface area contributed by atoms with E-state index < -0.39 is 45.6 Å². The molecule has 0 radical (unpaired) electrons. The van der Waals surface area contributed by atoms with Crippen LogP contribution in [0.4, 0.5) is 13.2 Å². The average Bonchev–Trinajstić information content (AvgIpc) is 2.30. The third-order valence-electron chi connectivity index (χ3n) is 2.46. The number of aryl methyl sites for hydroxylation is 1. The average molecular weight is 311 g/mol. The summed E-state index contributed by atoms with van der Waals surface area (Å²) in [5.41, 5.74) is 0.200. The standard InChI is InChI=1S/C11H12F3NO4S/c1-6-2-3-7(4-8(6)12)20(18,19)15-9(11(16)17)5-10(13)14/h2-4,9-10,15H,5H2,1H3,(H,16,17). The minimum atomic E-state index is -4.39. The molecule has 1 atom stereocenters. The van der Waals surface area contributed by atoms with E-state index >= 15 is 0 Å². The number of nitrogens with one attached hydrogen (secondary N) is 1. The molecule has 0 aliphatic heterocycles. The maximum absolute atomic E-state index is 13.3. The lowest BCUT2D eigenvalue weighted by Gasteiger charge is -2.14. The minimum Gasteiger partial charge on any atom is -0.480 e. The Morgan fingerprint density at radius 2 is 2.00 bits per heavy atom. The second kappa shape index (κ2) is 6.23. The molecule has 112 valence electrons. The van der Waals surface area contributed by atoms with E-state index in [9.17, 15) is 26.4 Å². The number of alkyl halides is 2. The number of sulfonamides is 1. The van der Waals surface area contributed by atoms with Crippen LogP contribution in [-0.4, -0.2) is 32.0 Å². The molecule has 1 aromatic rings. The monoisotopic (exact) mass is 311 g/mol. The first-order valence-electron chi connectivity index (χ1n) is 5.43. The highest BCUT2D eigenvalue weighted by molar-refractivity contribution is 7.89. The molecule has 0 aliphatic rings. The van der Waals surface area contributed by atoms with E-state index in [1.165, 1.54) is 13.0 Å². The van der Waals surface area contributed by atoms with Gasteiger partial charge in [-0.3, -0.25) is 4.79 Å². The Kier molecular flexibility index (Phi) is 5.12. The van der Waals surface area contributed by atoms with Gasteiger partial charge in [0.25, 0.3) is 0 Å². The van der Waals surface area contributed by atoms with Crippen LogP contribution in [0.3, 0.4) is 0 Å². The van der Waals surface area contributed by atoms with Crippen LogP contribution in [0.2, 0.25) is 0 Å². The molecule has 0 fully saturated rings. The number of hydrogen-bond donors (Lipinski definition) is 2. The number of carboxylic acid groups (broad SMARTS) is 1. The molecule has 1 rings (SSSR count). The summed E-state index contributed by atoms with van der Waals surface area (Å²) in [7, 11) is -4.39. The van der Waals surface area contributed by atoms with Crippen molar-refractivity contribution in [3.63, 3.8) is 0 Å². The Morgan fingerprint density at radius 3 is 2.45 bits per heavy atom. The predicted molar refractivity (Wildman–Crippen MR) is 63.5 cm³/mol. The number of hydrogen-bond acceptors (Lipinski definition) is 3. The van der Waals surface area contributed by atoms with Crippen molar-refractivity contribution in [3.05, 3.63) is 29.6 Å². The van der Waals surface area contributed by atoms with Gasteiger partial charge in [0.1, 0.15) is 11.9 Å². The first kappa shape index (κ1) is 16.4. The molecule has 0 heterocycles. The molecular weight excluding hydrogens is 299 g/mol. The molecule has 0 saturated heterocycles. The fourth-order valence-electron chi connectivity index (χ4n) is 1.37. The summed E-state index contributed by atoms with van der Waals surface area (Å²) in [6.45, 7) is 1.41. The van der Waals surface area contributed by atoms with E-state index in [-0.39, 0.29) is 5.56 Å². The molecule has 1 aromatic carbocycles. The molecule has 0 aliphatic carbocycles. The zero-order valence-electron chi connectivity index (χ0n) is 10.3. The summed E-state index contributed by atoms with van der Waals surface area (Å²) < 4.78 is 62.9. The van der Waals surface area contributed by atoms with Crippen LogP contribution < -0.4 is 4.72 Å².